The number of nitrogens with zero attached hydrogens (tertiary/aromatic N) is 2. The molecule has 0 heterocycles. The summed E-state index contributed by atoms with van der Waals surface area (Å²) in [7, 11) is 0. The molecule has 1 amide bonds. The first-order chi connectivity index (χ1) is 11.5. The molecule has 0 aliphatic carbocycles. The fourth-order valence-electron chi connectivity index (χ4n) is 2.05. The molecule has 7 nitrogen and oxygen atoms in total. The number of hydrogen-bond acceptors (Lipinski definition) is 5. The number of nitrogens with one attached hydrogen (secondary N) is 1. The van der Waals surface area contributed by atoms with Crippen LogP contribution in [0.1, 0.15) is 28.4 Å². The van der Waals surface area contributed by atoms with Crippen molar-refractivity contribution < 1.29 is 14.5 Å². The molecule has 7 heteroatoms. The van der Waals surface area contributed by atoms with Gasteiger partial charge in [0.1, 0.15) is 5.75 Å². The summed E-state index contributed by atoms with van der Waals surface area (Å²) in [4.78, 5) is 22.3. The minimum Gasteiger partial charge on any atom is -0.494 e. The predicted octanol–water partition coefficient (Wildman–Crippen LogP) is 3.07. The highest BCUT2D eigenvalue weighted by molar-refractivity contribution is 5.95. The van der Waals surface area contributed by atoms with E-state index in [1.54, 1.807) is 6.92 Å². The lowest BCUT2D eigenvalue weighted by Gasteiger charge is -2.03. The van der Waals surface area contributed by atoms with Crippen molar-refractivity contribution >= 4 is 17.8 Å². The second-order valence-corrected chi connectivity index (χ2v) is 4.96. The molecular weight excluding hydrogens is 310 g/mol. The zero-order valence-electron chi connectivity index (χ0n) is 13.4. The Balaban J connectivity index is 1.99. The zero-order valence-corrected chi connectivity index (χ0v) is 13.4. The number of ether oxygens (including phenoxy) is 1. The summed E-state index contributed by atoms with van der Waals surface area (Å²) in [5.41, 5.74) is 3.90. The van der Waals surface area contributed by atoms with Gasteiger partial charge in [0.05, 0.1) is 17.7 Å². The van der Waals surface area contributed by atoms with Crippen molar-refractivity contribution in [2.45, 2.75) is 13.8 Å². The summed E-state index contributed by atoms with van der Waals surface area (Å²) in [6.45, 7) is 4.08. The zero-order chi connectivity index (χ0) is 17.5. The van der Waals surface area contributed by atoms with Gasteiger partial charge < -0.3 is 4.74 Å². The normalized spacial score (nSPS) is 10.6. The van der Waals surface area contributed by atoms with Crippen LogP contribution >= 0.6 is 0 Å². The van der Waals surface area contributed by atoms with Crippen molar-refractivity contribution in [3.63, 3.8) is 0 Å². The smallest absolute Gasteiger partial charge is 0.272 e. The molecule has 0 saturated heterocycles. The molecule has 0 atom stereocenters. The van der Waals surface area contributed by atoms with E-state index in [1.165, 1.54) is 24.4 Å². The van der Waals surface area contributed by atoms with E-state index < -0.39 is 10.8 Å². The Hall–Kier alpha value is -3.22. The molecule has 124 valence electrons. The van der Waals surface area contributed by atoms with Gasteiger partial charge in [-0.05, 0) is 55.8 Å². The first-order valence-electron chi connectivity index (χ1n) is 7.32. The molecule has 2 rings (SSSR count). The Morgan fingerprint density at radius 2 is 2.00 bits per heavy atom. The number of carbonyl (C=O) groups is 1. The van der Waals surface area contributed by atoms with Crippen LogP contribution in [0, 0.1) is 17.0 Å². The van der Waals surface area contributed by atoms with Crippen LogP contribution in [0.5, 0.6) is 5.75 Å². The molecule has 2 aromatic carbocycles. The standard InChI is InChI=1S/C17H17N3O4/c1-3-24-15-7-4-13(5-8-15)11-18-19-17(21)14-6-9-16(20(22)23)12(2)10-14/h4-11H,3H2,1-2H3,(H,19,21). The molecule has 0 aliphatic heterocycles. The number of nitro benzene ring substituents is 1. The van der Waals surface area contributed by atoms with Crippen LogP contribution in [0.4, 0.5) is 5.69 Å². The molecule has 0 fully saturated rings. The number of amides is 1. The first-order valence-corrected chi connectivity index (χ1v) is 7.32. The van der Waals surface area contributed by atoms with E-state index in [2.05, 4.69) is 10.5 Å². The van der Waals surface area contributed by atoms with Gasteiger partial charge in [0, 0.05) is 17.2 Å². The third-order valence-electron chi connectivity index (χ3n) is 3.23. The van der Waals surface area contributed by atoms with Crippen LogP contribution in [0.25, 0.3) is 0 Å². The second-order valence-electron chi connectivity index (χ2n) is 4.96. The van der Waals surface area contributed by atoms with Gasteiger partial charge >= 0.3 is 0 Å². The van der Waals surface area contributed by atoms with Crippen molar-refractivity contribution in [3.8, 4) is 5.75 Å². The maximum atomic E-state index is 12.0. The Morgan fingerprint density at radius 3 is 2.58 bits per heavy atom. The largest absolute Gasteiger partial charge is 0.494 e. The summed E-state index contributed by atoms with van der Waals surface area (Å²) in [6.07, 6.45) is 1.51. The molecular formula is C17H17N3O4. The van der Waals surface area contributed by atoms with E-state index in [9.17, 15) is 14.9 Å². The van der Waals surface area contributed by atoms with Crippen LogP contribution in [-0.2, 0) is 0 Å². The van der Waals surface area contributed by atoms with E-state index >= 15 is 0 Å². The summed E-state index contributed by atoms with van der Waals surface area (Å²) in [5.74, 6) is 0.329. The van der Waals surface area contributed by atoms with E-state index in [4.69, 9.17) is 4.74 Å². The number of aryl methyl sites for hydroxylation is 1. The fourth-order valence-corrected chi connectivity index (χ4v) is 2.05. The average Bonchev–Trinajstić information content (AvgIpc) is 2.56. The van der Waals surface area contributed by atoms with Crippen LogP contribution < -0.4 is 10.2 Å². The quantitative estimate of drug-likeness (QED) is 0.501. The SMILES string of the molecule is CCOc1ccc(C=NNC(=O)c2ccc([N+](=O)[O-])c(C)c2)cc1. The van der Waals surface area contributed by atoms with Gasteiger partial charge in [-0.1, -0.05) is 0 Å². The Morgan fingerprint density at radius 1 is 1.29 bits per heavy atom. The first kappa shape index (κ1) is 17.1. The maximum Gasteiger partial charge on any atom is 0.272 e. The number of nitro groups is 1. The highest BCUT2D eigenvalue weighted by Gasteiger charge is 2.13. The van der Waals surface area contributed by atoms with Crippen molar-refractivity contribution in [1.29, 1.82) is 0 Å². The fraction of sp³-hybridized carbons (Fsp3) is 0.176. The van der Waals surface area contributed by atoms with Crippen molar-refractivity contribution in [2.75, 3.05) is 6.61 Å². The van der Waals surface area contributed by atoms with Crippen molar-refractivity contribution in [1.82, 2.24) is 5.43 Å². The van der Waals surface area contributed by atoms with Crippen LogP contribution in [0.3, 0.4) is 0 Å². The molecule has 2 aromatic rings. The Bertz CT molecular complexity index is 770. The third kappa shape index (κ3) is 4.39. The lowest BCUT2D eigenvalue weighted by Crippen LogP contribution is -2.17. The minimum absolute atomic E-state index is 0.0237. The van der Waals surface area contributed by atoms with E-state index in [0.29, 0.717) is 17.7 Å². The predicted molar refractivity (Wildman–Crippen MR) is 90.5 cm³/mol. The summed E-state index contributed by atoms with van der Waals surface area (Å²) < 4.78 is 5.34. The highest BCUT2D eigenvalue weighted by Crippen LogP contribution is 2.18. The molecule has 0 unspecified atom stereocenters. The number of hydrogen-bond donors (Lipinski definition) is 1. The summed E-state index contributed by atoms with van der Waals surface area (Å²) in [5, 5.41) is 14.7. The van der Waals surface area contributed by atoms with Gasteiger partial charge in [-0.3, -0.25) is 14.9 Å². The molecule has 1 N–H and O–H groups in total. The second kappa shape index (κ2) is 7.87. The third-order valence-corrected chi connectivity index (χ3v) is 3.23. The number of hydrazone groups is 1. The minimum atomic E-state index is -0.485. The Labute approximate surface area is 139 Å². The molecule has 0 bridgehead atoms. The van der Waals surface area contributed by atoms with Crippen molar-refractivity contribution in [2.24, 2.45) is 5.10 Å². The number of rotatable bonds is 6. The van der Waals surface area contributed by atoms with Gasteiger partial charge in [-0.25, -0.2) is 5.43 Å². The Kier molecular flexibility index (Phi) is 5.62. The maximum absolute atomic E-state index is 12.0. The highest BCUT2D eigenvalue weighted by atomic mass is 16.6. The van der Waals surface area contributed by atoms with Gasteiger partial charge in [0.25, 0.3) is 11.6 Å². The molecule has 0 aromatic heterocycles. The van der Waals surface area contributed by atoms with Gasteiger partial charge in [0.15, 0.2) is 0 Å². The van der Waals surface area contributed by atoms with E-state index in [-0.39, 0.29) is 5.69 Å². The molecule has 0 aliphatic rings. The van der Waals surface area contributed by atoms with E-state index in [0.717, 1.165) is 11.3 Å². The lowest BCUT2D eigenvalue weighted by molar-refractivity contribution is -0.385. The van der Waals surface area contributed by atoms with Gasteiger partial charge in [0.2, 0.25) is 0 Å². The van der Waals surface area contributed by atoms with Crippen molar-refractivity contribution in [3.05, 3.63) is 69.3 Å². The van der Waals surface area contributed by atoms with Gasteiger partial charge in [-0.15, -0.1) is 0 Å². The monoisotopic (exact) mass is 327 g/mol. The van der Waals surface area contributed by atoms with Crippen LogP contribution in [0.15, 0.2) is 47.6 Å². The average molecular weight is 327 g/mol. The topological polar surface area (TPSA) is 93.8 Å². The lowest BCUT2D eigenvalue weighted by atomic mass is 10.1. The summed E-state index contributed by atoms with van der Waals surface area (Å²) >= 11 is 0. The van der Waals surface area contributed by atoms with Crippen LogP contribution in [-0.4, -0.2) is 23.7 Å². The molecule has 0 spiro atoms. The molecule has 24 heavy (non-hydrogen) atoms. The molecule has 0 saturated carbocycles. The van der Waals surface area contributed by atoms with E-state index in [1.807, 2.05) is 31.2 Å². The van der Waals surface area contributed by atoms with Gasteiger partial charge in [-0.2, -0.15) is 5.10 Å². The summed E-state index contributed by atoms with van der Waals surface area (Å²) in [6, 6.07) is 11.4. The molecule has 0 radical (unpaired) electrons. The van der Waals surface area contributed by atoms with Crippen LogP contribution in [0.2, 0.25) is 0 Å². The number of benzene rings is 2. The number of carbonyl (C=O) groups excluding carboxylic acids is 1.